The molecule has 1 atom stereocenters. The number of rotatable bonds is 4. The van der Waals surface area contributed by atoms with Crippen LogP contribution in [0.2, 0.25) is 0 Å². The monoisotopic (exact) mass is 233 g/mol. The van der Waals surface area contributed by atoms with Gasteiger partial charge in [-0.15, -0.1) is 0 Å². The van der Waals surface area contributed by atoms with Crippen LogP contribution in [-0.2, 0) is 14.8 Å². The van der Waals surface area contributed by atoms with Crippen molar-refractivity contribution >= 4 is 16.0 Å². The lowest BCUT2D eigenvalue weighted by Crippen LogP contribution is -2.38. The molecule has 0 unspecified atom stereocenters. The number of aromatic nitrogens is 2. The lowest BCUT2D eigenvalue weighted by atomic mass is 10.4. The fraction of sp³-hybridized carbons (Fsp3) is 0.429. The molecule has 0 amide bonds. The summed E-state index contributed by atoms with van der Waals surface area (Å²) in [6, 6.07) is -1.18. The van der Waals surface area contributed by atoms with E-state index in [4.69, 9.17) is 5.11 Å². The Morgan fingerprint density at radius 2 is 2.27 bits per heavy atom. The van der Waals surface area contributed by atoms with Crippen LogP contribution in [0.3, 0.4) is 0 Å². The summed E-state index contributed by atoms with van der Waals surface area (Å²) in [6.07, 6.45) is 1.13. The summed E-state index contributed by atoms with van der Waals surface area (Å²) < 4.78 is 25.0. The summed E-state index contributed by atoms with van der Waals surface area (Å²) in [5.41, 5.74) is 0. The molecule has 84 valence electrons. The fourth-order valence-electron chi connectivity index (χ4n) is 0.881. The van der Waals surface area contributed by atoms with Gasteiger partial charge in [-0.2, -0.15) is 4.72 Å². The minimum atomic E-state index is -3.83. The Kier molecular flexibility index (Phi) is 3.10. The lowest BCUT2D eigenvalue weighted by molar-refractivity contribution is -0.138. The molecule has 0 aliphatic rings. The number of H-pyrrole nitrogens is 1. The number of hydrogen-bond donors (Lipinski definition) is 3. The topological polar surface area (TPSA) is 112 Å². The highest BCUT2D eigenvalue weighted by molar-refractivity contribution is 7.89. The van der Waals surface area contributed by atoms with E-state index in [-0.39, 0.29) is 5.03 Å². The quantitative estimate of drug-likeness (QED) is 0.647. The van der Waals surface area contributed by atoms with Gasteiger partial charge in [0.15, 0.2) is 5.03 Å². The van der Waals surface area contributed by atoms with Crippen LogP contribution >= 0.6 is 0 Å². The number of hydrogen-bond acceptors (Lipinski definition) is 4. The van der Waals surface area contributed by atoms with Gasteiger partial charge >= 0.3 is 5.97 Å². The SMILES string of the molecule is Cc1ncc(S(=O)(=O)N[C@@H](C)C(=O)O)[nH]1. The predicted octanol–water partition coefficient (Wildman–Crippen LogP) is -0.530. The van der Waals surface area contributed by atoms with Crippen LogP contribution in [0.25, 0.3) is 0 Å². The van der Waals surface area contributed by atoms with Gasteiger partial charge in [0.2, 0.25) is 0 Å². The van der Waals surface area contributed by atoms with E-state index >= 15 is 0 Å². The first kappa shape index (κ1) is 11.7. The fourth-order valence-corrected chi connectivity index (χ4v) is 2.05. The summed E-state index contributed by atoms with van der Waals surface area (Å²) in [4.78, 5) is 16.7. The maximum Gasteiger partial charge on any atom is 0.321 e. The zero-order chi connectivity index (χ0) is 11.6. The number of carboxylic acid groups (broad SMARTS) is 1. The number of aliphatic carboxylic acids is 1. The maximum atomic E-state index is 11.5. The zero-order valence-corrected chi connectivity index (χ0v) is 9.00. The molecule has 0 aliphatic heterocycles. The number of sulfonamides is 1. The third kappa shape index (κ3) is 2.77. The van der Waals surface area contributed by atoms with Crippen molar-refractivity contribution in [2.24, 2.45) is 0 Å². The molecular weight excluding hydrogens is 222 g/mol. The molecular formula is C7H11N3O4S. The summed E-state index contributed by atoms with van der Waals surface area (Å²) in [5.74, 6) is -0.798. The second kappa shape index (κ2) is 3.99. The van der Waals surface area contributed by atoms with Crippen LogP contribution in [0.4, 0.5) is 0 Å². The van der Waals surface area contributed by atoms with Gasteiger partial charge in [0, 0.05) is 0 Å². The Morgan fingerprint density at radius 1 is 1.67 bits per heavy atom. The van der Waals surface area contributed by atoms with Crippen molar-refractivity contribution in [3.63, 3.8) is 0 Å². The van der Waals surface area contributed by atoms with Gasteiger partial charge in [0.05, 0.1) is 6.20 Å². The van der Waals surface area contributed by atoms with Crippen molar-refractivity contribution in [3.8, 4) is 0 Å². The maximum absolute atomic E-state index is 11.5. The summed E-state index contributed by atoms with van der Waals surface area (Å²) in [6.45, 7) is 2.84. The standard InChI is InChI=1S/C7H11N3O4S/c1-4(7(11)12)10-15(13,14)6-3-8-5(2)9-6/h3-4,10H,1-2H3,(H,8,9)(H,11,12)/t4-/m0/s1. The molecule has 0 fully saturated rings. The molecule has 1 aromatic rings. The zero-order valence-electron chi connectivity index (χ0n) is 8.18. The van der Waals surface area contributed by atoms with Crippen molar-refractivity contribution in [1.82, 2.24) is 14.7 Å². The summed E-state index contributed by atoms with van der Waals surface area (Å²) >= 11 is 0. The third-order valence-corrected chi connectivity index (χ3v) is 3.12. The van der Waals surface area contributed by atoms with E-state index in [1.54, 1.807) is 6.92 Å². The van der Waals surface area contributed by atoms with Crippen LogP contribution in [-0.4, -0.2) is 35.5 Å². The van der Waals surface area contributed by atoms with Crippen molar-refractivity contribution in [2.45, 2.75) is 24.9 Å². The Balaban J connectivity index is 2.90. The second-order valence-electron chi connectivity index (χ2n) is 3.01. The van der Waals surface area contributed by atoms with E-state index < -0.39 is 22.0 Å². The molecule has 1 heterocycles. The molecule has 0 bridgehead atoms. The highest BCUT2D eigenvalue weighted by atomic mass is 32.2. The molecule has 1 rings (SSSR count). The van der Waals surface area contributed by atoms with Crippen molar-refractivity contribution in [2.75, 3.05) is 0 Å². The minimum Gasteiger partial charge on any atom is -0.480 e. The average Bonchev–Trinajstić information content (AvgIpc) is 2.51. The summed E-state index contributed by atoms with van der Waals surface area (Å²) in [7, 11) is -3.83. The average molecular weight is 233 g/mol. The van der Waals surface area contributed by atoms with Gasteiger partial charge < -0.3 is 10.1 Å². The van der Waals surface area contributed by atoms with Crippen molar-refractivity contribution < 1.29 is 18.3 Å². The molecule has 3 N–H and O–H groups in total. The highest BCUT2D eigenvalue weighted by Gasteiger charge is 2.22. The number of aromatic amines is 1. The molecule has 7 nitrogen and oxygen atoms in total. The van der Waals surface area contributed by atoms with E-state index in [2.05, 4.69) is 9.97 Å². The highest BCUT2D eigenvalue weighted by Crippen LogP contribution is 2.05. The normalized spacial score (nSPS) is 13.7. The third-order valence-electron chi connectivity index (χ3n) is 1.67. The van der Waals surface area contributed by atoms with Crippen LogP contribution in [0.1, 0.15) is 12.7 Å². The predicted molar refractivity (Wildman–Crippen MR) is 50.7 cm³/mol. The Morgan fingerprint density at radius 3 is 2.67 bits per heavy atom. The van der Waals surface area contributed by atoms with Gasteiger partial charge in [-0.05, 0) is 13.8 Å². The molecule has 0 spiro atoms. The number of aryl methyl sites for hydroxylation is 1. The van der Waals surface area contributed by atoms with E-state index in [0.717, 1.165) is 6.20 Å². The van der Waals surface area contributed by atoms with E-state index in [1.807, 2.05) is 4.72 Å². The van der Waals surface area contributed by atoms with Crippen LogP contribution in [0, 0.1) is 6.92 Å². The Labute approximate surface area is 86.6 Å². The number of nitrogens with one attached hydrogen (secondary N) is 2. The first-order valence-corrected chi connectivity index (χ1v) is 5.58. The first-order chi connectivity index (χ1) is 6.83. The van der Waals surface area contributed by atoms with Crippen molar-refractivity contribution in [3.05, 3.63) is 12.0 Å². The molecule has 0 radical (unpaired) electrons. The van der Waals surface area contributed by atoms with E-state index in [9.17, 15) is 13.2 Å². The van der Waals surface area contributed by atoms with Gasteiger partial charge in [-0.3, -0.25) is 4.79 Å². The number of imidazole rings is 1. The largest absolute Gasteiger partial charge is 0.480 e. The Bertz CT molecular complexity index is 464. The molecule has 0 aromatic carbocycles. The van der Waals surface area contributed by atoms with Crippen molar-refractivity contribution in [1.29, 1.82) is 0 Å². The molecule has 0 saturated carbocycles. The second-order valence-corrected chi connectivity index (χ2v) is 4.70. The molecule has 8 heteroatoms. The number of nitrogens with zero attached hydrogens (tertiary/aromatic N) is 1. The van der Waals surface area contributed by atoms with Gasteiger partial charge in [-0.25, -0.2) is 13.4 Å². The van der Waals surface area contributed by atoms with Crippen LogP contribution < -0.4 is 4.72 Å². The first-order valence-electron chi connectivity index (χ1n) is 4.09. The smallest absolute Gasteiger partial charge is 0.321 e. The molecule has 0 saturated heterocycles. The minimum absolute atomic E-state index is 0.145. The Hall–Kier alpha value is -1.41. The van der Waals surface area contributed by atoms with Crippen LogP contribution in [0.15, 0.2) is 11.2 Å². The molecule has 15 heavy (non-hydrogen) atoms. The van der Waals surface area contributed by atoms with E-state index in [0.29, 0.717) is 5.82 Å². The van der Waals surface area contributed by atoms with Gasteiger partial charge in [0.25, 0.3) is 10.0 Å². The van der Waals surface area contributed by atoms with E-state index in [1.165, 1.54) is 6.92 Å². The number of carboxylic acids is 1. The van der Waals surface area contributed by atoms with Gasteiger partial charge in [0.1, 0.15) is 11.9 Å². The van der Waals surface area contributed by atoms with Gasteiger partial charge in [-0.1, -0.05) is 0 Å². The number of carbonyl (C=O) groups is 1. The summed E-state index contributed by atoms with van der Waals surface area (Å²) in [5, 5.41) is 8.40. The molecule has 1 aromatic heterocycles. The lowest BCUT2D eigenvalue weighted by Gasteiger charge is -2.07. The molecule has 0 aliphatic carbocycles. The van der Waals surface area contributed by atoms with Crippen LogP contribution in [0.5, 0.6) is 0 Å².